The molecule has 2 rings (SSSR count). The summed E-state index contributed by atoms with van der Waals surface area (Å²) in [5.74, 6) is -0.922. The molecule has 1 heterocycles. The number of aryl methyl sites for hydroxylation is 1. The Morgan fingerprint density at radius 1 is 1.42 bits per heavy atom. The van der Waals surface area contributed by atoms with Gasteiger partial charge in [0.2, 0.25) is 0 Å². The van der Waals surface area contributed by atoms with Crippen LogP contribution >= 0.6 is 0 Å². The Kier molecular flexibility index (Phi) is 6.23. The van der Waals surface area contributed by atoms with E-state index in [1.54, 1.807) is 25.1 Å². The lowest BCUT2D eigenvalue weighted by atomic mass is 9.92. The summed E-state index contributed by atoms with van der Waals surface area (Å²) in [6, 6.07) is 8.35. The topological polar surface area (TPSA) is 106 Å². The van der Waals surface area contributed by atoms with E-state index in [1.807, 2.05) is 19.9 Å². The van der Waals surface area contributed by atoms with Crippen LogP contribution in [0.3, 0.4) is 0 Å². The summed E-state index contributed by atoms with van der Waals surface area (Å²) in [5, 5.41) is 20.6. The molecule has 0 aliphatic heterocycles. The van der Waals surface area contributed by atoms with Gasteiger partial charge in [0.1, 0.15) is 0 Å². The van der Waals surface area contributed by atoms with Crippen LogP contribution < -0.4 is 0 Å². The van der Waals surface area contributed by atoms with E-state index in [4.69, 9.17) is 10.00 Å². The summed E-state index contributed by atoms with van der Waals surface area (Å²) in [6.07, 6.45) is 0.456. The molecule has 2 aromatic rings. The predicted octanol–water partition coefficient (Wildman–Crippen LogP) is 4.04. The average molecular weight is 355 g/mol. The largest absolute Gasteiger partial charge is 0.465 e. The maximum atomic E-state index is 12.6. The number of nitro benzene ring substituents is 1. The Balaban J connectivity index is 2.52. The molecule has 1 aromatic carbocycles. The van der Waals surface area contributed by atoms with Crippen molar-refractivity contribution in [3.05, 3.63) is 45.6 Å². The Morgan fingerprint density at radius 2 is 2.15 bits per heavy atom. The third kappa shape index (κ3) is 4.33. The predicted molar refractivity (Wildman–Crippen MR) is 96.5 cm³/mol. The number of rotatable bonds is 7. The van der Waals surface area contributed by atoms with Gasteiger partial charge in [-0.2, -0.15) is 5.26 Å². The van der Waals surface area contributed by atoms with Crippen molar-refractivity contribution in [1.82, 2.24) is 4.98 Å². The van der Waals surface area contributed by atoms with E-state index < -0.39 is 16.8 Å². The summed E-state index contributed by atoms with van der Waals surface area (Å²) in [5.41, 5.74) is 1.60. The first-order valence-corrected chi connectivity index (χ1v) is 8.43. The number of carbonyl (C=O) groups is 1. The Labute approximate surface area is 151 Å². The number of hydrogen-bond donors (Lipinski definition) is 0. The molecule has 0 saturated carbocycles. The van der Waals surface area contributed by atoms with Crippen LogP contribution in [0, 0.1) is 34.3 Å². The molecule has 0 N–H and O–H groups in total. The van der Waals surface area contributed by atoms with Crippen LogP contribution in [-0.4, -0.2) is 22.5 Å². The van der Waals surface area contributed by atoms with E-state index in [0.717, 1.165) is 0 Å². The van der Waals surface area contributed by atoms with Crippen molar-refractivity contribution in [3.8, 4) is 6.07 Å². The van der Waals surface area contributed by atoms with Gasteiger partial charge in [-0.05, 0) is 37.0 Å². The number of carbonyl (C=O) groups excluding carboxylic acids is 1. The zero-order valence-electron chi connectivity index (χ0n) is 15.1. The number of fused-ring (bicyclic) bond motifs is 1. The second-order valence-electron chi connectivity index (χ2n) is 6.54. The minimum absolute atomic E-state index is 0.0640. The molecule has 0 bridgehead atoms. The van der Waals surface area contributed by atoms with Crippen molar-refractivity contribution in [3.63, 3.8) is 0 Å². The summed E-state index contributed by atoms with van der Waals surface area (Å²) in [7, 11) is 0. The lowest BCUT2D eigenvalue weighted by molar-refractivity contribution is -0.383. The molecule has 0 aliphatic carbocycles. The van der Waals surface area contributed by atoms with E-state index in [-0.39, 0.29) is 31.1 Å². The fraction of sp³-hybridized carbons (Fsp3) is 0.421. The minimum atomic E-state index is -0.676. The number of pyridine rings is 1. The van der Waals surface area contributed by atoms with Crippen molar-refractivity contribution >= 4 is 22.6 Å². The van der Waals surface area contributed by atoms with Gasteiger partial charge >= 0.3 is 5.97 Å². The van der Waals surface area contributed by atoms with Crippen LogP contribution in [0.1, 0.15) is 43.9 Å². The fourth-order valence-electron chi connectivity index (χ4n) is 2.76. The maximum Gasteiger partial charge on any atom is 0.313 e. The van der Waals surface area contributed by atoms with Crippen LogP contribution in [-0.2, 0) is 9.53 Å². The Morgan fingerprint density at radius 3 is 2.77 bits per heavy atom. The van der Waals surface area contributed by atoms with Gasteiger partial charge in [-0.25, -0.2) is 0 Å². The van der Waals surface area contributed by atoms with Gasteiger partial charge in [0.25, 0.3) is 5.69 Å². The van der Waals surface area contributed by atoms with Crippen molar-refractivity contribution in [1.29, 1.82) is 5.26 Å². The third-order valence-corrected chi connectivity index (χ3v) is 4.03. The van der Waals surface area contributed by atoms with Crippen molar-refractivity contribution in [2.75, 3.05) is 6.61 Å². The number of aromatic nitrogens is 1. The fourth-order valence-corrected chi connectivity index (χ4v) is 2.76. The van der Waals surface area contributed by atoms with Gasteiger partial charge in [0.15, 0.2) is 0 Å². The van der Waals surface area contributed by atoms with Gasteiger partial charge in [-0.3, -0.25) is 19.9 Å². The first-order chi connectivity index (χ1) is 12.3. The number of esters is 1. The molecule has 26 heavy (non-hydrogen) atoms. The van der Waals surface area contributed by atoms with E-state index in [2.05, 4.69) is 4.98 Å². The number of nitro groups is 1. The molecule has 0 aliphatic rings. The molecule has 7 heteroatoms. The number of nitriles is 1. The molecule has 1 unspecified atom stereocenters. The summed E-state index contributed by atoms with van der Waals surface area (Å²) in [6.45, 7) is 5.90. The van der Waals surface area contributed by atoms with E-state index in [0.29, 0.717) is 22.2 Å². The molecule has 136 valence electrons. The standard InChI is InChI=1S/C19H21N3O4/c1-12(2)11-26-19(23)14(6-5-9-20)15-10-16-17(21-13(15)3)7-4-8-18(16)22(24)25/h4,7-8,10,12,14H,5-6,11H2,1-3H3. The molecule has 0 fully saturated rings. The number of nitrogens with zero attached hydrogens (tertiary/aromatic N) is 3. The molecule has 1 aromatic heterocycles. The SMILES string of the molecule is Cc1nc2cccc([N+](=O)[O-])c2cc1C(CCC#N)C(=O)OCC(C)C. The lowest BCUT2D eigenvalue weighted by Crippen LogP contribution is -2.19. The summed E-state index contributed by atoms with van der Waals surface area (Å²) < 4.78 is 5.35. The van der Waals surface area contributed by atoms with Gasteiger partial charge in [0.05, 0.1) is 34.4 Å². The molecule has 0 saturated heterocycles. The minimum Gasteiger partial charge on any atom is -0.465 e. The smallest absolute Gasteiger partial charge is 0.313 e. The zero-order valence-corrected chi connectivity index (χ0v) is 15.1. The first kappa shape index (κ1) is 19.3. The highest BCUT2D eigenvalue weighted by atomic mass is 16.6. The Bertz CT molecular complexity index is 871. The van der Waals surface area contributed by atoms with Crippen LogP contribution in [0.2, 0.25) is 0 Å². The molecule has 0 radical (unpaired) electrons. The van der Waals surface area contributed by atoms with E-state index in [1.165, 1.54) is 6.07 Å². The van der Waals surface area contributed by atoms with Crippen molar-refractivity contribution < 1.29 is 14.5 Å². The molecule has 7 nitrogen and oxygen atoms in total. The summed E-state index contributed by atoms with van der Waals surface area (Å²) in [4.78, 5) is 27.8. The highest BCUT2D eigenvalue weighted by Gasteiger charge is 2.26. The maximum absolute atomic E-state index is 12.6. The van der Waals surface area contributed by atoms with Crippen LogP contribution in [0.4, 0.5) is 5.69 Å². The van der Waals surface area contributed by atoms with Gasteiger partial charge < -0.3 is 4.74 Å². The summed E-state index contributed by atoms with van der Waals surface area (Å²) >= 11 is 0. The number of ether oxygens (including phenoxy) is 1. The first-order valence-electron chi connectivity index (χ1n) is 8.43. The third-order valence-electron chi connectivity index (χ3n) is 4.03. The monoisotopic (exact) mass is 355 g/mol. The van der Waals surface area contributed by atoms with Crippen molar-refractivity contribution in [2.24, 2.45) is 5.92 Å². The van der Waals surface area contributed by atoms with Crippen molar-refractivity contribution in [2.45, 2.75) is 39.5 Å². The molecule has 0 spiro atoms. The highest BCUT2D eigenvalue weighted by molar-refractivity contribution is 5.90. The van der Waals surface area contributed by atoms with Gasteiger partial charge in [0, 0.05) is 18.2 Å². The molecule has 1 atom stereocenters. The second-order valence-corrected chi connectivity index (χ2v) is 6.54. The lowest BCUT2D eigenvalue weighted by Gasteiger charge is -2.18. The number of hydrogen-bond acceptors (Lipinski definition) is 6. The average Bonchev–Trinajstić information content (AvgIpc) is 2.59. The molecular weight excluding hydrogens is 334 g/mol. The normalized spacial score (nSPS) is 12.0. The second kappa shape index (κ2) is 8.39. The van der Waals surface area contributed by atoms with Crippen LogP contribution in [0.5, 0.6) is 0 Å². The van der Waals surface area contributed by atoms with Gasteiger partial charge in [-0.15, -0.1) is 0 Å². The molecular formula is C19H21N3O4. The van der Waals surface area contributed by atoms with Crippen LogP contribution in [0.15, 0.2) is 24.3 Å². The van der Waals surface area contributed by atoms with E-state index >= 15 is 0 Å². The zero-order chi connectivity index (χ0) is 19.3. The number of benzene rings is 1. The van der Waals surface area contributed by atoms with Crippen LogP contribution in [0.25, 0.3) is 10.9 Å². The van der Waals surface area contributed by atoms with E-state index in [9.17, 15) is 14.9 Å². The quantitative estimate of drug-likeness (QED) is 0.421. The Hall–Kier alpha value is -3.01. The van der Waals surface area contributed by atoms with Gasteiger partial charge in [-0.1, -0.05) is 19.9 Å². The highest BCUT2D eigenvalue weighted by Crippen LogP contribution is 2.32. The number of non-ortho nitro benzene ring substituents is 1. The molecule has 0 amide bonds.